The predicted octanol–water partition coefficient (Wildman–Crippen LogP) is 4.87. The van der Waals surface area contributed by atoms with Gasteiger partial charge in [0.25, 0.3) is 11.7 Å². The molecule has 186 valence electrons. The van der Waals surface area contributed by atoms with Crippen LogP contribution in [0, 0.1) is 0 Å². The van der Waals surface area contributed by atoms with E-state index in [9.17, 15) is 14.7 Å². The third-order valence-corrected chi connectivity index (χ3v) is 5.75. The van der Waals surface area contributed by atoms with E-state index in [0.717, 1.165) is 0 Å². The Hall–Kier alpha value is -4.46. The molecule has 1 saturated heterocycles. The van der Waals surface area contributed by atoms with E-state index in [1.165, 1.54) is 18.3 Å². The van der Waals surface area contributed by atoms with Gasteiger partial charge >= 0.3 is 0 Å². The van der Waals surface area contributed by atoms with Crippen LogP contribution >= 0.6 is 0 Å². The van der Waals surface area contributed by atoms with Crippen molar-refractivity contribution < 1.29 is 33.3 Å². The minimum Gasteiger partial charge on any atom is -0.507 e. The Morgan fingerprint density at radius 1 is 1.11 bits per heavy atom. The average molecular weight is 490 g/mol. The van der Waals surface area contributed by atoms with Gasteiger partial charge in [-0.2, -0.15) is 0 Å². The molecule has 4 rings (SSSR count). The van der Waals surface area contributed by atoms with E-state index in [1.54, 1.807) is 60.7 Å². The van der Waals surface area contributed by atoms with E-state index < -0.39 is 17.7 Å². The van der Waals surface area contributed by atoms with Crippen LogP contribution in [0.4, 0.5) is 0 Å². The molecule has 0 saturated carbocycles. The average Bonchev–Trinajstić information content (AvgIpc) is 3.50. The van der Waals surface area contributed by atoms with Gasteiger partial charge in [-0.15, -0.1) is 0 Å². The topological polar surface area (TPSA) is 98.4 Å². The van der Waals surface area contributed by atoms with Gasteiger partial charge in [-0.25, -0.2) is 0 Å². The normalized spacial score (nSPS) is 16.7. The second kappa shape index (κ2) is 10.9. The summed E-state index contributed by atoms with van der Waals surface area (Å²) in [6, 6.07) is 14.3. The number of hydrogen-bond donors (Lipinski definition) is 1. The Morgan fingerprint density at radius 2 is 1.89 bits per heavy atom. The fourth-order valence-electron chi connectivity index (χ4n) is 4.11. The standard InChI is InChI=1S/C28H27NO7/c1-4-14-36-22-13-10-19(16-23(22)33-3)25-24(26(30)18-8-11-20(12-9-18)34-5-2)27(31)28(32)29(25)17-21-7-6-15-35-21/h4,6-13,15-16,25,30H,1,5,14,17H2,2-3H3/b26-24+. The second-order valence-corrected chi connectivity index (χ2v) is 7.97. The van der Waals surface area contributed by atoms with Crippen LogP contribution < -0.4 is 14.2 Å². The van der Waals surface area contributed by atoms with Crippen molar-refractivity contribution >= 4 is 17.4 Å². The molecule has 1 aromatic heterocycles. The van der Waals surface area contributed by atoms with Gasteiger partial charge in [-0.05, 0) is 61.0 Å². The number of ketones is 1. The highest BCUT2D eigenvalue weighted by molar-refractivity contribution is 6.46. The Bertz CT molecular complexity index is 1280. The molecule has 1 unspecified atom stereocenters. The molecule has 1 aliphatic heterocycles. The number of ether oxygens (including phenoxy) is 3. The first-order valence-corrected chi connectivity index (χ1v) is 11.4. The fourth-order valence-corrected chi connectivity index (χ4v) is 4.11. The van der Waals surface area contributed by atoms with Crippen molar-refractivity contribution in [1.82, 2.24) is 4.90 Å². The van der Waals surface area contributed by atoms with E-state index >= 15 is 0 Å². The lowest BCUT2D eigenvalue weighted by Gasteiger charge is -2.25. The Morgan fingerprint density at radius 3 is 2.53 bits per heavy atom. The minimum absolute atomic E-state index is 0.0301. The van der Waals surface area contributed by atoms with Crippen LogP contribution in [-0.2, 0) is 16.1 Å². The van der Waals surface area contributed by atoms with Crippen molar-refractivity contribution in [2.75, 3.05) is 20.3 Å². The molecule has 1 N–H and O–H groups in total. The number of Topliss-reactive ketones (excluding diaryl/α,β-unsaturated/α-hetero) is 1. The van der Waals surface area contributed by atoms with E-state index in [2.05, 4.69) is 6.58 Å². The van der Waals surface area contributed by atoms with Crippen LogP contribution in [0.1, 0.15) is 29.9 Å². The molecule has 2 aromatic carbocycles. The first-order valence-electron chi connectivity index (χ1n) is 11.4. The highest BCUT2D eigenvalue weighted by Crippen LogP contribution is 2.42. The van der Waals surface area contributed by atoms with Crippen molar-refractivity contribution in [3.8, 4) is 17.2 Å². The number of likely N-dealkylation sites (tertiary alicyclic amines) is 1. The quantitative estimate of drug-likeness (QED) is 0.188. The first-order chi connectivity index (χ1) is 17.5. The van der Waals surface area contributed by atoms with Crippen molar-refractivity contribution in [2.24, 2.45) is 0 Å². The number of methoxy groups -OCH3 is 1. The summed E-state index contributed by atoms with van der Waals surface area (Å²) in [7, 11) is 1.50. The van der Waals surface area contributed by atoms with Gasteiger partial charge < -0.3 is 28.6 Å². The van der Waals surface area contributed by atoms with Gasteiger partial charge in [0, 0.05) is 5.56 Å². The molecule has 1 aliphatic rings. The number of amides is 1. The van der Waals surface area contributed by atoms with Crippen LogP contribution in [0.5, 0.6) is 17.2 Å². The lowest BCUT2D eigenvalue weighted by Crippen LogP contribution is -2.29. The Balaban J connectivity index is 1.83. The molecule has 1 amide bonds. The van der Waals surface area contributed by atoms with E-state index in [0.29, 0.717) is 40.7 Å². The second-order valence-electron chi connectivity index (χ2n) is 7.97. The molecular weight excluding hydrogens is 462 g/mol. The summed E-state index contributed by atoms with van der Waals surface area (Å²) >= 11 is 0. The largest absolute Gasteiger partial charge is 0.507 e. The zero-order valence-electron chi connectivity index (χ0n) is 20.1. The summed E-state index contributed by atoms with van der Waals surface area (Å²) in [5.74, 6) is 0.215. The number of rotatable bonds is 10. The summed E-state index contributed by atoms with van der Waals surface area (Å²) in [6.45, 7) is 6.34. The maximum Gasteiger partial charge on any atom is 0.296 e. The molecule has 0 radical (unpaired) electrons. The Labute approximate surface area is 209 Å². The van der Waals surface area contributed by atoms with Gasteiger partial charge in [0.2, 0.25) is 0 Å². The van der Waals surface area contributed by atoms with Crippen LogP contribution in [0.25, 0.3) is 5.76 Å². The third-order valence-electron chi connectivity index (χ3n) is 5.75. The van der Waals surface area contributed by atoms with Crippen molar-refractivity contribution in [1.29, 1.82) is 0 Å². The van der Waals surface area contributed by atoms with Crippen LogP contribution in [0.15, 0.2) is 83.5 Å². The number of hydrogen-bond acceptors (Lipinski definition) is 7. The number of aliphatic hydroxyl groups excluding tert-OH is 1. The van der Waals surface area contributed by atoms with Gasteiger partial charge in [0.05, 0.1) is 38.1 Å². The van der Waals surface area contributed by atoms with Crippen molar-refractivity contribution in [3.05, 3.63) is 96.0 Å². The molecule has 1 fully saturated rings. The molecule has 1 atom stereocenters. The smallest absolute Gasteiger partial charge is 0.296 e. The van der Waals surface area contributed by atoms with Crippen LogP contribution in [-0.4, -0.2) is 42.0 Å². The molecule has 8 heteroatoms. The highest BCUT2D eigenvalue weighted by atomic mass is 16.5. The Kier molecular flexibility index (Phi) is 7.44. The van der Waals surface area contributed by atoms with Gasteiger partial charge in [0.15, 0.2) is 11.5 Å². The van der Waals surface area contributed by atoms with E-state index in [1.807, 2.05) is 6.92 Å². The molecule has 0 aliphatic carbocycles. The minimum atomic E-state index is -0.885. The SMILES string of the molecule is C=CCOc1ccc(C2/C(=C(\O)c3ccc(OCC)cc3)C(=O)C(=O)N2Cc2ccco2)cc1OC. The number of aliphatic hydroxyl groups is 1. The number of furan rings is 1. The third kappa shape index (κ3) is 4.84. The molecule has 3 aromatic rings. The van der Waals surface area contributed by atoms with Crippen LogP contribution in [0.2, 0.25) is 0 Å². The molecular formula is C28H27NO7. The molecule has 8 nitrogen and oxygen atoms in total. The number of carbonyl (C=O) groups is 2. The zero-order chi connectivity index (χ0) is 25.7. The monoisotopic (exact) mass is 489 g/mol. The maximum atomic E-state index is 13.2. The molecule has 36 heavy (non-hydrogen) atoms. The number of nitrogens with zero attached hydrogens (tertiary/aromatic N) is 1. The van der Waals surface area contributed by atoms with E-state index in [-0.39, 0.29) is 24.5 Å². The van der Waals surface area contributed by atoms with Gasteiger partial charge in [-0.3, -0.25) is 9.59 Å². The fraction of sp³-hybridized carbons (Fsp3) is 0.214. The first kappa shape index (κ1) is 24.7. The predicted molar refractivity (Wildman–Crippen MR) is 133 cm³/mol. The number of carbonyl (C=O) groups excluding carboxylic acids is 2. The highest BCUT2D eigenvalue weighted by Gasteiger charge is 2.46. The summed E-state index contributed by atoms with van der Waals surface area (Å²) in [6.07, 6.45) is 3.11. The lowest BCUT2D eigenvalue weighted by atomic mass is 9.95. The zero-order valence-corrected chi connectivity index (χ0v) is 20.1. The summed E-state index contributed by atoms with van der Waals surface area (Å²) in [5, 5.41) is 11.3. The molecule has 0 bridgehead atoms. The summed E-state index contributed by atoms with van der Waals surface area (Å²) in [4.78, 5) is 27.8. The van der Waals surface area contributed by atoms with Gasteiger partial charge in [0.1, 0.15) is 23.9 Å². The van der Waals surface area contributed by atoms with Gasteiger partial charge in [-0.1, -0.05) is 18.7 Å². The van der Waals surface area contributed by atoms with Crippen molar-refractivity contribution in [2.45, 2.75) is 19.5 Å². The van der Waals surface area contributed by atoms with E-state index in [4.69, 9.17) is 18.6 Å². The maximum absolute atomic E-state index is 13.2. The molecule has 0 spiro atoms. The summed E-state index contributed by atoms with van der Waals surface area (Å²) in [5.41, 5.74) is 0.922. The lowest BCUT2D eigenvalue weighted by molar-refractivity contribution is -0.140. The molecule has 2 heterocycles. The van der Waals surface area contributed by atoms with Crippen LogP contribution in [0.3, 0.4) is 0 Å². The summed E-state index contributed by atoms with van der Waals surface area (Å²) < 4.78 is 22.0. The van der Waals surface area contributed by atoms with Crippen molar-refractivity contribution in [3.63, 3.8) is 0 Å². The number of benzene rings is 2.